The molecule has 8 nitrogen and oxygen atoms in total. The van der Waals surface area contributed by atoms with Crippen molar-refractivity contribution >= 4 is 11.6 Å². The monoisotopic (exact) mass is 270 g/mol. The van der Waals surface area contributed by atoms with Gasteiger partial charge in [0, 0.05) is 24.4 Å². The lowest BCUT2D eigenvalue weighted by atomic mass is 10.5. The number of nitrogen functional groups attached to an aromatic ring is 2. The van der Waals surface area contributed by atoms with Crippen LogP contribution in [0.4, 0.5) is 11.6 Å². The topological polar surface area (TPSA) is 113 Å². The van der Waals surface area contributed by atoms with E-state index in [0.29, 0.717) is 23.4 Å². The standard InChI is InChI=1S/C12H14N8/c1-7-5-9(13)19(17-7)11-3-4-15-12(16-11)20-10(14)6-8(2)18-20/h3-6H,13-14H2,1-2H3. The molecule has 3 aromatic heterocycles. The van der Waals surface area contributed by atoms with E-state index in [0.717, 1.165) is 11.4 Å². The lowest BCUT2D eigenvalue weighted by Gasteiger charge is -2.06. The van der Waals surface area contributed by atoms with Crippen LogP contribution in [0.2, 0.25) is 0 Å². The van der Waals surface area contributed by atoms with Crippen molar-refractivity contribution in [3.05, 3.63) is 35.8 Å². The second-order valence-corrected chi connectivity index (χ2v) is 4.46. The highest BCUT2D eigenvalue weighted by Crippen LogP contribution is 2.14. The van der Waals surface area contributed by atoms with Gasteiger partial charge in [0.2, 0.25) is 0 Å². The van der Waals surface area contributed by atoms with Crippen molar-refractivity contribution in [2.75, 3.05) is 11.5 Å². The molecule has 3 aromatic rings. The van der Waals surface area contributed by atoms with E-state index in [4.69, 9.17) is 11.5 Å². The normalized spacial score (nSPS) is 10.9. The molecular formula is C12H14N8. The van der Waals surface area contributed by atoms with Gasteiger partial charge in [-0.3, -0.25) is 0 Å². The van der Waals surface area contributed by atoms with Gasteiger partial charge in [0.1, 0.15) is 11.6 Å². The number of nitrogens with two attached hydrogens (primary N) is 2. The van der Waals surface area contributed by atoms with Gasteiger partial charge in [-0.15, -0.1) is 0 Å². The molecule has 0 aliphatic rings. The average Bonchev–Trinajstić information content (AvgIpc) is 2.91. The van der Waals surface area contributed by atoms with Gasteiger partial charge in [0.25, 0.3) is 5.95 Å². The van der Waals surface area contributed by atoms with Gasteiger partial charge in [-0.05, 0) is 13.8 Å². The van der Waals surface area contributed by atoms with E-state index in [2.05, 4.69) is 20.2 Å². The predicted octanol–water partition coefficient (Wildman–Crippen LogP) is 0.629. The summed E-state index contributed by atoms with van der Waals surface area (Å²) in [6, 6.07) is 5.25. The van der Waals surface area contributed by atoms with Crippen LogP contribution in [0, 0.1) is 13.8 Å². The Morgan fingerprint density at radius 3 is 2.10 bits per heavy atom. The van der Waals surface area contributed by atoms with Gasteiger partial charge in [0.15, 0.2) is 5.82 Å². The first-order valence-corrected chi connectivity index (χ1v) is 6.02. The lowest BCUT2D eigenvalue weighted by Crippen LogP contribution is -2.10. The molecule has 0 spiro atoms. The van der Waals surface area contributed by atoms with Crippen molar-refractivity contribution in [3.63, 3.8) is 0 Å². The van der Waals surface area contributed by atoms with E-state index in [1.165, 1.54) is 4.68 Å². The Kier molecular flexibility index (Phi) is 2.63. The summed E-state index contributed by atoms with van der Waals surface area (Å²) in [5.41, 5.74) is 13.4. The molecule has 3 rings (SSSR count). The zero-order chi connectivity index (χ0) is 14.3. The van der Waals surface area contributed by atoms with E-state index >= 15 is 0 Å². The highest BCUT2D eigenvalue weighted by molar-refractivity contribution is 5.41. The molecule has 0 amide bonds. The van der Waals surface area contributed by atoms with Gasteiger partial charge >= 0.3 is 0 Å². The highest BCUT2D eigenvalue weighted by atomic mass is 15.4. The molecule has 0 aliphatic carbocycles. The first-order valence-electron chi connectivity index (χ1n) is 6.02. The molecule has 0 unspecified atom stereocenters. The summed E-state index contributed by atoms with van der Waals surface area (Å²) in [5, 5.41) is 8.53. The molecule has 0 radical (unpaired) electrons. The van der Waals surface area contributed by atoms with E-state index in [1.807, 2.05) is 13.8 Å². The Hall–Kier alpha value is -2.90. The van der Waals surface area contributed by atoms with Crippen molar-refractivity contribution < 1.29 is 0 Å². The number of hydrogen-bond acceptors (Lipinski definition) is 6. The third-order valence-corrected chi connectivity index (χ3v) is 2.75. The fourth-order valence-electron chi connectivity index (χ4n) is 1.94. The second kappa shape index (κ2) is 4.34. The molecule has 102 valence electrons. The molecule has 0 saturated heterocycles. The maximum Gasteiger partial charge on any atom is 0.254 e. The summed E-state index contributed by atoms with van der Waals surface area (Å²) in [7, 11) is 0. The number of hydrogen-bond donors (Lipinski definition) is 2. The van der Waals surface area contributed by atoms with Crippen LogP contribution in [-0.4, -0.2) is 29.5 Å². The molecule has 0 atom stereocenters. The summed E-state index contributed by atoms with van der Waals surface area (Å²) in [4.78, 5) is 8.56. The third-order valence-electron chi connectivity index (χ3n) is 2.75. The van der Waals surface area contributed by atoms with E-state index in [1.54, 1.807) is 29.1 Å². The SMILES string of the molecule is Cc1cc(N)n(-c2ccnc(-n3nc(C)cc3N)n2)n1. The maximum absolute atomic E-state index is 5.89. The van der Waals surface area contributed by atoms with Crippen molar-refractivity contribution in [1.82, 2.24) is 29.5 Å². The van der Waals surface area contributed by atoms with Crippen LogP contribution >= 0.6 is 0 Å². The van der Waals surface area contributed by atoms with Crippen LogP contribution in [0.1, 0.15) is 11.4 Å². The highest BCUT2D eigenvalue weighted by Gasteiger charge is 2.11. The zero-order valence-corrected chi connectivity index (χ0v) is 11.1. The summed E-state index contributed by atoms with van der Waals surface area (Å²) in [6.07, 6.45) is 1.62. The Labute approximate surface area is 115 Å². The predicted molar refractivity (Wildman–Crippen MR) is 74.6 cm³/mol. The minimum atomic E-state index is 0.376. The largest absolute Gasteiger partial charge is 0.384 e. The van der Waals surface area contributed by atoms with Crippen LogP contribution in [0.5, 0.6) is 0 Å². The van der Waals surface area contributed by atoms with Crippen LogP contribution < -0.4 is 11.5 Å². The number of aryl methyl sites for hydroxylation is 2. The van der Waals surface area contributed by atoms with E-state index < -0.39 is 0 Å². The fraction of sp³-hybridized carbons (Fsp3) is 0.167. The smallest absolute Gasteiger partial charge is 0.254 e. The Morgan fingerprint density at radius 2 is 1.55 bits per heavy atom. The third kappa shape index (κ3) is 1.96. The van der Waals surface area contributed by atoms with Crippen molar-refractivity contribution in [2.24, 2.45) is 0 Å². The Balaban J connectivity index is 2.10. The molecule has 0 saturated carbocycles. The van der Waals surface area contributed by atoms with Crippen LogP contribution in [0.25, 0.3) is 11.8 Å². The molecule has 0 aromatic carbocycles. The first kappa shape index (κ1) is 12.2. The number of anilines is 2. The fourth-order valence-corrected chi connectivity index (χ4v) is 1.94. The quantitative estimate of drug-likeness (QED) is 0.706. The Morgan fingerprint density at radius 1 is 0.950 bits per heavy atom. The van der Waals surface area contributed by atoms with Gasteiger partial charge in [-0.25, -0.2) is 4.98 Å². The second-order valence-electron chi connectivity index (χ2n) is 4.46. The summed E-state index contributed by atoms with van der Waals surface area (Å²) >= 11 is 0. The average molecular weight is 270 g/mol. The molecule has 0 fully saturated rings. The minimum Gasteiger partial charge on any atom is -0.384 e. The van der Waals surface area contributed by atoms with Crippen LogP contribution in [0.3, 0.4) is 0 Å². The molecule has 20 heavy (non-hydrogen) atoms. The summed E-state index contributed by atoms with van der Waals surface area (Å²) < 4.78 is 3.03. The van der Waals surface area contributed by atoms with Gasteiger partial charge in [0.05, 0.1) is 11.4 Å². The minimum absolute atomic E-state index is 0.376. The van der Waals surface area contributed by atoms with Crippen molar-refractivity contribution in [3.8, 4) is 11.8 Å². The molecule has 8 heteroatoms. The summed E-state index contributed by atoms with van der Waals surface area (Å²) in [5.74, 6) is 1.93. The van der Waals surface area contributed by atoms with Gasteiger partial charge < -0.3 is 11.5 Å². The first-order chi connectivity index (χ1) is 9.54. The number of aromatic nitrogens is 6. The van der Waals surface area contributed by atoms with E-state index in [-0.39, 0.29) is 0 Å². The van der Waals surface area contributed by atoms with Crippen LogP contribution in [-0.2, 0) is 0 Å². The molecule has 3 heterocycles. The molecule has 0 aliphatic heterocycles. The van der Waals surface area contributed by atoms with Crippen molar-refractivity contribution in [2.45, 2.75) is 13.8 Å². The maximum atomic E-state index is 5.89. The molecule has 4 N–H and O–H groups in total. The number of nitrogens with zero attached hydrogens (tertiary/aromatic N) is 6. The zero-order valence-electron chi connectivity index (χ0n) is 11.1. The summed E-state index contributed by atoms with van der Waals surface area (Å²) in [6.45, 7) is 3.72. The Bertz CT molecular complexity index is 708. The lowest BCUT2D eigenvalue weighted by molar-refractivity contribution is 0.773. The van der Waals surface area contributed by atoms with Gasteiger partial charge in [-0.2, -0.15) is 24.5 Å². The van der Waals surface area contributed by atoms with Crippen molar-refractivity contribution in [1.29, 1.82) is 0 Å². The molecular weight excluding hydrogens is 256 g/mol. The van der Waals surface area contributed by atoms with Crippen LogP contribution in [0.15, 0.2) is 24.4 Å². The van der Waals surface area contributed by atoms with Gasteiger partial charge in [-0.1, -0.05) is 0 Å². The van der Waals surface area contributed by atoms with E-state index in [9.17, 15) is 0 Å². The number of rotatable bonds is 2. The molecule has 0 bridgehead atoms.